The minimum atomic E-state index is 0.466. The van der Waals surface area contributed by atoms with Crippen molar-refractivity contribution in [3.05, 3.63) is 11.1 Å². The minimum absolute atomic E-state index is 0.466. The Bertz CT molecular complexity index is 205. The van der Waals surface area contributed by atoms with E-state index >= 15 is 0 Å². The molecule has 0 aliphatic carbocycles. The molecule has 0 N–H and O–H groups in total. The molecule has 2 aliphatic rings. The van der Waals surface area contributed by atoms with Gasteiger partial charge in [-0.05, 0) is 24.5 Å². The van der Waals surface area contributed by atoms with Crippen LogP contribution in [0, 0.1) is 0 Å². The zero-order valence-corrected chi connectivity index (χ0v) is 6.13. The normalized spacial score (nSPS) is 31.1. The lowest BCUT2D eigenvalue weighted by atomic mass is 10.0. The van der Waals surface area contributed by atoms with E-state index in [0.717, 1.165) is 19.6 Å². The highest BCUT2D eigenvalue weighted by Crippen LogP contribution is 2.23. The van der Waals surface area contributed by atoms with Crippen LogP contribution in [0.15, 0.2) is 16.1 Å². The topological polar surface area (TPSA) is 21.6 Å². The fourth-order valence-electron chi connectivity index (χ4n) is 1.47. The maximum Gasteiger partial charge on any atom is 0.0759 e. The second kappa shape index (κ2) is 2.20. The van der Waals surface area contributed by atoms with Crippen molar-refractivity contribution < 1.29 is 4.74 Å². The van der Waals surface area contributed by atoms with Crippen LogP contribution in [0.2, 0.25) is 0 Å². The van der Waals surface area contributed by atoms with Crippen molar-refractivity contribution in [2.75, 3.05) is 13.2 Å². The second-order valence-corrected chi connectivity index (χ2v) is 2.84. The Morgan fingerprint density at radius 2 is 2.60 bits per heavy atom. The van der Waals surface area contributed by atoms with Crippen LogP contribution in [0.25, 0.3) is 0 Å². The number of nitrogens with zero attached hydrogens (tertiary/aromatic N) is 1. The molecule has 2 nitrogen and oxygen atoms in total. The van der Waals surface area contributed by atoms with E-state index in [-0.39, 0.29) is 0 Å². The van der Waals surface area contributed by atoms with Crippen LogP contribution in [0.1, 0.15) is 13.3 Å². The van der Waals surface area contributed by atoms with Crippen LogP contribution in [0.5, 0.6) is 0 Å². The quantitative estimate of drug-likeness (QED) is 0.491. The fourth-order valence-corrected chi connectivity index (χ4v) is 1.47. The Hall–Kier alpha value is -0.630. The van der Waals surface area contributed by atoms with Gasteiger partial charge in [0, 0.05) is 12.8 Å². The Balaban J connectivity index is 2.25. The molecule has 0 amide bonds. The van der Waals surface area contributed by atoms with E-state index < -0.39 is 0 Å². The summed E-state index contributed by atoms with van der Waals surface area (Å²) in [4.78, 5) is 4.36. The van der Waals surface area contributed by atoms with Gasteiger partial charge >= 0.3 is 0 Å². The number of fused-ring (bicyclic) bond motifs is 1. The van der Waals surface area contributed by atoms with E-state index in [1.807, 2.05) is 6.21 Å². The summed E-state index contributed by atoms with van der Waals surface area (Å²) in [5.41, 5.74) is 2.70. The van der Waals surface area contributed by atoms with Crippen molar-refractivity contribution >= 4 is 6.21 Å². The molecule has 54 valence electrons. The molecular formula is C8H11NO. The summed E-state index contributed by atoms with van der Waals surface area (Å²) in [5.74, 6) is 0. The van der Waals surface area contributed by atoms with Crippen LogP contribution in [-0.4, -0.2) is 25.5 Å². The van der Waals surface area contributed by atoms with Gasteiger partial charge in [-0.2, -0.15) is 0 Å². The summed E-state index contributed by atoms with van der Waals surface area (Å²) in [6, 6.07) is 0.466. The zero-order valence-electron chi connectivity index (χ0n) is 6.13. The first-order chi connectivity index (χ1) is 4.88. The van der Waals surface area contributed by atoms with Gasteiger partial charge in [-0.15, -0.1) is 0 Å². The molecule has 1 fully saturated rings. The number of hydrogen-bond donors (Lipinski definition) is 0. The molecule has 1 atom stereocenters. The number of rotatable bonds is 0. The van der Waals surface area contributed by atoms with Gasteiger partial charge in [-0.25, -0.2) is 0 Å². The van der Waals surface area contributed by atoms with Gasteiger partial charge in [0.1, 0.15) is 0 Å². The fraction of sp³-hybridized carbons (Fsp3) is 0.625. The summed E-state index contributed by atoms with van der Waals surface area (Å²) in [7, 11) is 0. The maximum atomic E-state index is 5.32. The number of hydrogen-bond acceptors (Lipinski definition) is 2. The Morgan fingerprint density at radius 3 is 3.40 bits per heavy atom. The van der Waals surface area contributed by atoms with E-state index in [0.29, 0.717) is 6.04 Å². The van der Waals surface area contributed by atoms with Gasteiger partial charge in [0.2, 0.25) is 0 Å². The van der Waals surface area contributed by atoms with E-state index in [4.69, 9.17) is 4.74 Å². The third kappa shape index (κ3) is 0.797. The molecule has 1 saturated heterocycles. The van der Waals surface area contributed by atoms with Crippen molar-refractivity contribution in [3.63, 3.8) is 0 Å². The van der Waals surface area contributed by atoms with Gasteiger partial charge in [0.05, 0.1) is 12.6 Å². The predicted molar refractivity (Wildman–Crippen MR) is 40.4 cm³/mol. The molecule has 2 heteroatoms. The summed E-state index contributed by atoms with van der Waals surface area (Å²) >= 11 is 0. The highest BCUT2D eigenvalue weighted by Gasteiger charge is 2.22. The number of aliphatic imine (C=N–C) groups is 1. The van der Waals surface area contributed by atoms with Crippen molar-refractivity contribution in [1.29, 1.82) is 0 Å². The van der Waals surface area contributed by atoms with Gasteiger partial charge in [-0.3, -0.25) is 4.99 Å². The molecule has 0 aromatic rings. The molecule has 0 spiro atoms. The molecule has 0 bridgehead atoms. The van der Waals surface area contributed by atoms with Crippen LogP contribution in [0.3, 0.4) is 0 Å². The molecule has 2 heterocycles. The Labute approximate surface area is 60.6 Å². The largest absolute Gasteiger partial charge is 0.377 e. The average Bonchev–Trinajstić information content (AvgIpc) is 2.34. The predicted octanol–water partition coefficient (Wildman–Crippen LogP) is 1.18. The van der Waals surface area contributed by atoms with Crippen LogP contribution in [-0.2, 0) is 4.74 Å². The maximum absolute atomic E-state index is 5.32. The average molecular weight is 137 g/mol. The van der Waals surface area contributed by atoms with E-state index in [1.165, 1.54) is 11.1 Å². The lowest BCUT2D eigenvalue weighted by Gasteiger charge is -2.19. The minimum Gasteiger partial charge on any atom is -0.377 e. The highest BCUT2D eigenvalue weighted by molar-refractivity contribution is 5.82. The van der Waals surface area contributed by atoms with Gasteiger partial charge < -0.3 is 4.74 Å². The van der Waals surface area contributed by atoms with Crippen molar-refractivity contribution in [2.45, 2.75) is 19.4 Å². The molecule has 0 saturated carbocycles. The molecule has 2 rings (SSSR count). The van der Waals surface area contributed by atoms with Crippen molar-refractivity contribution in [1.82, 2.24) is 0 Å². The summed E-state index contributed by atoms with van der Waals surface area (Å²) in [6.45, 7) is 3.78. The summed E-state index contributed by atoms with van der Waals surface area (Å²) in [6.07, 6.45) is 3.04. The van der Waals surface area contributed by atoms with Crippen LogP contribution >= 0.6 is 0 Å². The summed E-state index contributed by atoms with van der Waals surface area (Å²) in [5, 5.41) is 0. The Kier molecular flexibility index (Phi) is 1.34. The first-order valence-electron chi connectivity index (χ1n) is 3.68. The van der Waals surface area contributed by atoms with Crippen LogP contribution in [0.4, 0.5) is 0 Å². The lowest BCUT2D eigenvalue weighted by Crippen LogP contribution is -2.20. The second-order valence-electron chi connectivity index (χ2n) is 2.84. The van der Waals surface area contributed by atoms with Crippen molar-refractivity contribution in [2.24, 2.45) is 4.99 Å². The zero-order chi connectivity index (χ0) is 6.97. The Morgan fingerprint density at radius 1 is 1.70 bits per heavy atom. The van der Waals surface area contributed by atoms with Gasteiger partial charge in [0.25, 0.3) is 0 Å². The molecule has 0 aromatic carbocycles. The van der Waals surface area contributed by atoms with E-state index in [9.17, 15) is 0 Å². The van der Waals surface area contributed by atoms with Crippen LogP contribution < -0.4 is 0 Å². The van der Waals surface area contributed by atoms with E-state index in [2.05, 4.69) is 11.9 Å². The number of allylic oxidation sites excluding steroid dienone is 1. The molecule has 0 aromatic heterocycles. The standard InChI is InChI=1S/C8H11NO/c1-6-4-9-8-2-3-10-5-7(6)8/h4,8H,2-3,5H2,1H3. The smallest absolute Gasteiger partial charge is 0.0759 e. The third-order valence-corrected chi connectivity index (χ3v) is 2.15. The SMILES string of the molecule is CC1=C2COCCC2N=C1. The first kappa shape index (κ1) is 6.10. The molecular weight excluding hydrogens is 126 g/mol. The molecule has 2 aliphatic heterocycles. The molecule has 1 unspecified atom stereocenters. The van der Waals surface area contributed by atoms with E-state index in [1.54, 1.807) is 0 Å². The van der Waals surface area contributed by atoms with Gasteiger partial charge in [0.15, 0.2) is 0 Å². The molecule has 10 heavy (non-hydrogen) atoms. The first-order valence-corrected chi connectivity index (χ1v) is 3.68. The molecule has 0 radical (unpaired) electrons. The summed E-state index contributed by atoms with van der Waals surface area (Å²) < 4.78 is 5.32. The van der Waals surface area contributed by atoms with Crippen molar-refractivity contribution in [3.8, 4) is 0 Å². The highest BCUT2D eigenvalue weighted by atomic mass is 16.5. The van der Waals surface area contributed by atoms with Gasteiger partial charge in [-0.1, -0.05) is 0 Å². The third-order valence-electron chi connectivity index (χ3n) is 2.15. The monoisotopic (exact) mass is 137 g/mol. The lowest BCUT2D eigenvalue weighted by molar-refractivity contribution is 0.123. The number of ether oxygens (including phenoxy) is 1.